The Bertz CT molecular complexity index is 483. The predicted molar refractivity (Wildman–Crippen MR) is 66.6 cm³/mol. The number of hydrogen-bond donors (Lipinski definition) is 1. The zero-order valence-corrected chi connectivity index (χ0v) is 10.5. The number of para-hydroxylation sites is 1. The number of nitrogens with one attached hydrogen (secondary N) is 1. The van der Waals surface area contributed by atoms with Crippen molar-refractivity contribution < 1.29 is 14.0 Å². The quantitative estimate of drug-likeness (QED) is 0.847. The Labute approximate surface area is 106 Å². The zero-order valence-electron chi connectivity index (χ0n) is 10.5. The molecule has 0 bridgehead atoms. The van der Waals surface area contributed by atoms with E-state index in [1.165, 1.54) is 0 Å². The Morgan fingerprint density at radius 2 is 2.22 bits per heavy atom. The van der Waals surface area contributed by atoms with E-state index in [2.05, 4.69) is 10.5 Å². The third-order valence-corrected chi connectivity index (χ3v) is 2.50. The van der Waals surface area contributed by atoms with Crippen LogP contribution in [0.15, 0.2) is 35.0 Å². The van der Waals surface area contributed by atoms with Crippen LogP contribution in [0, 0.1) is 0 Å². The van der Waals surface area contributed by atoms with E-state index in [9.17, 15) is 0 Å². The Morgan fingerprint density at radius 1 is 1.33 bits per heavy atom. The summed E-state index contributed by atoms with van der Waals surface area (Å²) in [7, 11) is 3.51. The molecule has 18 heavy (non-hydrogen) atoms. The van der Waals surface area contributed by atoms with Crippen LogP contribution in [0.4, 0.5) is 0 Å². The molecule has 0 fully saturated rings. The highest BCUT2D eigenvalue weighted by atomic mass is 16.5. The molecule has 1 heterocycles. The number of ether oxygens (including phenoxy) is 2. The molecule has 1 aromatic heterocycles. The third kappa shape index (κ3) is 2.81. The molecule has 1 N–H and O–H groups in total. The van der Waals surface area contributed by atoms with Crippen molar-refractivity contribution in [1.82, 2.24) is 10.5 Å². The standard InChI is InChI=1S/C13H16N2O3/c1-14-8-10-4-3-5-12(16-2)13(10)17-9-11-6-7-15-18-11/h3-7,14H,8-9H2,1-2H3. The van der Waals surface area contributed by atoms with Crippen LogP contribution in [0.3, 0.4) is 0 Å². The first-order valence-corrected chi connectivity index (χ1v) is 5.68. The fourth-order valence-corrected chi connectivity index (χ4v) is 1.68. The van der Waals surface area contributed by atoms with Gasteiger partial charge in [-0.15, -0.1) is 0 Å². The molecule has 0 amide bonds. The maximum atomic E-state index is 5.76. The number of methoxy groups -OCH3 is 1. The topological polar surface area (TPSA) is 56.5 Å². The highest BCUT2D eigenvalue weighted by Crippen LogP contribution is 2.31. The van der Waals surface area contributed by atoms with Crippen LogP contribution >= 0.6 is 0 Å². The lowest BCUT2D eigenvalue weighted by atomic mass is 10.2. The lowest BCUT2D eigenvalue weighted by Gasteiger charge is -2.13. The summed E-state index contributed by atoms with van der Waals surface area (Å²) in [6.45, 7) is 1.04. The van der Waals surface area contributed by atoms with E-state index in [1.807, 2.05) is 25.2 Å². The van der Waals surface area contributed by atoms with Gasteiger partial charge in [0.25, 0.3) is 0 Å². The smallest absolute Gasteiger partial charge is 0.174 e. The van der Waals surface area contributed by atoms with Gasteiger partial charge in [0.15, 0.2) is 17.3 Å². The summed E-state index contributed by atoms with van der Waals surface area (Å²) >= 11 is 0. The summed E-state index contributed by atoms with van der Waals surface area (Å²) in [5.41, 5.74) is 1.04. The summed E-state index contributed by atoms with van der Waals surface area (Å²) in [6.07, 6.45) is 1.59. The summed E-state index contributed by atoms with van der Waals surface area (Å²) in [5, 5.41) is 6.73. The second-order valence-corrected chi connectivity index (χ2v) is 3.75. The first kappa shape index (κ1) is 12.4. The average Bonchev–Trinajstić information content (AvgIpc) is 2.90. The van der Waals surface area contributed by atoms with E-state index in [0.29, 0.717) is 24.7 Å². The van der Waals surface area contributed by atoms with Gasteiger partial charge in [-0.2, -0.15) is 0 Å². The van der Waals surface area contributed by atoms with Crippen LogP contribution < -0.4 is 14.8 Å². The molecule has 96 valence electrons. The second-order valence-electron chi connectivity index (χ2n) is 3.75. The minimum absolute atomic E-state index is 0.330. The van der Waals surface area contributed by atoms with E-state index >= 15 is 0 Å². The molecule has 5 nitrogen and oxygen atoms in total. The maximum absolute atomic E-state index is 5.76. The lowest BCUT2D eigenvalue weighted by Crippen LogP contribution is -2.08. The van der Waals surface area contributed by atoms with E-state index in [0.717, 1.165) is 11.3 Å². The minimum Gasteiger partial charge on any atom is -0.493 e. The number of benzene rings is 1. The van der Waals surface area contributed by atoms with Crippen LogP contribution in [0.25, 0.3) is 0 Å². The highest BCUT2D eigenvalue weighted by Gasteiger charge is 2.11. The van der Waals surface area contributed by atoms with E-state index in [4.69, 9.17) is 14.0 Å². The average molecular weight is 248 g/mol. The van der Waals surface area contributed by atoms with Crippen LogP contribution in [0.5, 0.6) is 11.5 Å². The molecule has 1 aromatic carbocycles. The highest BCUT2D eigenvalue weighted by molar-refractivity contribution is 5.46. The summed E-state index contributed by atoms with van der Waals surface area (Å²) in [4.78, 5) is 0. The Kier molecular flexibility index (Phi) is 4.20. The molecular weight excluding hydrogens is 232 g/mol. The molecule has 2 aromatic rings. The molecule has 0 aliphatic rings. The van der Waals surface area contributed by atoms with Crippen molar-refractivity contribution in [2.75, 3.05) is 14.2 Å². The first-order chi connectivity index (χ1) is 8.85. The lowest BCUT2D eigenvalue weighted by molar-refractivity contribution is 0.237. The molecule has 0 spiro atoms. The van der Waals surface area contributed by atoms with Crippen molar-refractivity contribution in [1.29, 1.82) is 0 Å². The summed E-state index contributed by atoms with van der Waals surface area (Å²) in [6, 6.07) is 7.57. The van der Waals surface area contributed by atoms with Gasteiger partial charge in [-0.05, 0) is 13.1 Å². The monoisotopic (exact) mass is 248 g/mol. The zero-order chi connectivity index (χ0) is 12.8. The van der Waals surface area contributed by atoms with Crippen LogP contribution in [-0.2, 0) is 13.2 Å². The van der Waals surface area contributed by atoms with Crippen LogP contribution in [0.2, 0.25) is 0 Å². The fraction of sp³-hybridized carbons (Fsp3) is 0.308. The molecule has 0 saturated heterocycles. The molecule has 0 unspecified atom stereocenters. The van der Waals surface area contributed by atoms with E-state index in [1.54, 1.807) is 19.4 Å². The van der Waals surface area contributed by atoms with Crippen LogP contribution in [-0.4, -0.2) is 19.3 Å². The van der Waals surface area contributed by atoms with Gasteiger partial charge in [0.2, 0.25) is 0 Å². The third-order valence-electron chi connectivity index (χ3n) is 2.50. The predicted octanol–water partition coefficient (Wildman–Crippen LogP) is 1.98. The Balaban J connectivity index is 2.18. The molecular formula is C13H16N2O3. The van der Waals surface area contributed by atoms with Gasteiger partial charge < -0.3 is 19.3 Å². The molecule has 0 aliphatic heterocycles. The van der Waals surface area contributed by atoms with Crippen molar-refractivity contribution in [2.45, 2.75) is 13.2 Å². The number of nitrogens with zero attached hydrogens (tertiary/aromatic N) is 1. The normalized spacial score (nSPS) is 10.3. The largest absolute Gasteiger partial charge is 0.493 e. The Morgan fingerprint density at radius 3 is 2.89 bits per heavy atom. The number of rotatable bonds is 6. The molecule has 2 rings (SSSR count). The van der Waals surface area contributed by atoms with Gasteiger partial charge in [0, 0.05) is 18.2 Å². The van der Waals surface area contributed by atoms with Crippen molar-refractivity contribution in [3.63, 3.8) is 0 Å². The number of hydrogen-bond acceptors (Lipinski definition) is 5. The van der Waals surface area contributed by atoms with Crippen molar-refractivity contribution in [3.8, 4) is 11.5 Å². The van der Waals surface area contributed by atoms with Crippen molar-refractivity contribution >= 4 is 0 Å². The molecule has 0 aliphatic carbocycles. The Hall–Kier alpha value is -2.01. The van der Waals surface area contributed by atoms with Gasteiger partial charge in [0.1, 0.15) is 6.61 Å². The fourth-order valence-electron chi connectivity index (χ4n) is 1.68. The van der Waals surface area contributed by atoms with Gasteiger partial charge in [0.05, 0.1) is 13.3 Å². The molecule has 0 saturated carbocycles. The SMILES string of the molecule is CNCc1cccc(OC)c1OCc1ccno1. The summed E-state index contributed by atoms with van der Waals surface area (Å²) in [5.74, 6) is 2.12. The molecule has 5 heteroatoms. The van der Waals surface area contributed by atoms with Crippen LogP contribution in [0.1, 0.15) is 11.3 Å². The number of aromatic nitrogens is 1. The van der Waals surface area contributed by atoms with E-state index < -0.39 is 0 Å². The second kappa shape index (κ2) is 6.07. The van der Waals surface area contributed by atoms with Gasteiger partial charge >= 0.3 is 0 Å². The van der Waals surface area contributed by atoms with Crippen molar-refractivity contribution in [2.24, 2.45) is 0 Å². The van der Waals surface area contributed by atoms with E-state index in [-0.39, 0.29) is 0 Å². The molecule has 0 atom stereocenters. The van der Waals surface area contributed by atoms with Crippen molar-refractivity contribution in [3.05, 3.63) is 41.8 Å². The summed E-state index contributed by atoms with van der Waals surface area (Å²) < 4.78 is 16.1. The molecule has 0 radical (unpaired) electrons. The minimum atomic E-state index is 0.330. The van der Waals surface area contributed by atoms with Gasteiger partial charge in [-0.25, -0.2) is 0 Å². The first-order valence-electron chi connectivity index (χ1n) is 5.68. The van der Waals surface area contributed by atoms with Gasteiger partial charge in [-0.1, -0.05) is 17.3 Å². The van der Waals surface area contributed by atoms with Gasteiger partial charge in [-0.3, -0.25) is 0 Å². The maximum Gasteiger partial charge on any atom is 0.174 e.